The van der Waals surface area contributed by atoms with Gasteiger partial charge < -0.3 is 10.2 Å². The summed E-state index contributed by atoms with van der Waals surface area (Å²) in [6, 6.07) is 17.7. The number of benzene rings is 3. The Morgan fingerprint density at radius 3 is 2.00 bits per heavy atom. The largest absolute Gasteiger partial charge is 0.352 e. The lowest BCUT2D eigenvalue weighted by Gasteiger charge is -2.34. The van der Waals surface area contributed by atoms with E-state index in [-0.39, 0.29) is 23.4 Å². The number of aryl methyl sites for hydroxylation is 2. The molecule has 7 nitrogen and oxygen atoms in total. The maximum atomic E-state index is 14.2. The van der Waals surface area contributed by atoms with E-state index in [0.717, 1.165) is 41.1 Å². The molecule has 3 aromatic carbocycles. The molecule has 1 aliphatic carbocycles. The summed E-state index contributed by atoms with van der Waals surface area (Å²) in [5.74, 6) is -0.820. The van der Waals surface area contributed by atoms with Crippen LogP contribution in [0.3, 0.4) is 0 Å². The van der Waals surface area contributed by atoms with Gasteiger partial charge in [0.2, 0.25) is 11.8 Å². The molecule has 0 aliphatic heterocycles. The minimum Gasteiger partial charge on any atom is -0.352 e. The van der Waals surface area contributed by atoms with Crippen LogP contribution >= 0.6 is 23.2 Å². The third-order valence-corrected chi connectivity index (χ3v) is 10.2. The van der Waals surface area contributed by atoms with Gasteiger partial charge in [-0.05, 0) is 69.5 Å². The van der Waals surface area contributed by atoms with Crippen molar-refractivity contribution in [1.82, 2.24) is 10.2 Å². The van der Waals surface area contributed by atoms with E-state index in [1.54, 1.807) is 54.6 Å². The molecule has 0 heterocycles. The van der Waals surface area contributed by atoms with E-state index in [1.807, 2.05) is 20.8 Å². The van der Waals surface area contributed by atoms with Crippen molar-refractivity contribution in [3.63, 3.8) is 0 Å². The number of carbonyl (C=O) groups excluding carboxylic acids is 2. The number of anilines is 1. The molecular weight excluding hydrogens is 593 g/mol. The number of nitrogens with one attached hydrogen (secondary N) is 1. The molecule has 0 unspecified atom stereocenters. The molecule has 1 aliphatic rings. The Morgan fingerprint density at radius 1 is 0.905 bits per heavy atom. The van der Waals surface area contributed by atoms with E-state index < -0.39 is 28.5 Å². The van der Waals surface area contributed by atoms with E-state index in [9.17, 15) is 18.0 Å². The molecule has 0 aromatic heterocycles. The van der Waals surface area contributed by atoms with Crippen molar-refractivity contribution in [3.05, 3.63) is 93.5 Å². The molecule has 0 spiro atoms. The quantitative estimate of drug-likeness (QED) is 0.256. The first kappa shape index (κ1) is 31.9. The number of hydrogen-bond donors (Lipinski definition) is 1. The van der Waals surface area contributed by atoms with Crippen LogP contribution in [0, 0.1) is 13.8 Å². The SMILES string of the molecule is CC[C@H](C(=O)NC1CCCC1)N(Cc1c(Cl)cccc1Cl)C(=O)CN(c1ccc(C)cc1)S(=O)(=O)c1ccc(C)cc1. The molecule has 0 bridgehead atoms. The summed E-state index contributed by atoms with van der Waals surface area (Å²) in [4.78, 5) is 29.3. The summed E-state index contributed by atoms with van der Waals surface area (Å²) in [6.07, 6.45) is 4.19. The maximum absolute atomic E-state index is 14.2. The molecule has 0 radical (unpaired) electrons. The number of rotatable bonds is 11. The molecule has 0 saturated heterocycles. The number of halogens is 2. The van der Waals surface area contributed by atoms with Crippen LogP contribution in [0.1, 0.15) is 55.7 Å². The van der Waals surface area contributed by atoms with E-state index in [2.05, 4.69) is 5.32 Å². The standard InChI is InChI=1S/C32H37Cl2N3O4S/c1-4-30(32(39)35-24-8-5-6-9-24)36(20-27-28(33)10-7-11-29(27)34)31(38)21-37(25-16-12-22(2)13-17-25)42(40,41)26-18-14-23(3)15-19-26/h7,10-19,24,30H,4-6,8-9,20-21H2,1-3H3,(H,35,39)/t30-/m1/s1. The van der Waals surface area contributed by atoms with Crippen molar-refractivity contribution in [1.29, 1.82) is 0 Å². The Morgan fingerprint density at radius 2 is 1.45 bits per heavy atom. The van der Waals surface area contributed by atoms with Gasteiger partial charge in [0.15, 0.2) is 0 Å². The lowest BCUT2D eigenvalue weighted by molar-refractivity contribution is -0.140. The number of amides is 2. The molecule has 1 N–H and O–H groups in total. The number of nitrogens with zero attached hydrogens (tertiary/aromatic N) is 2. The van der Waals surface area contributed by atoms with E-state index in [1.165, 1.54) is 17.0 Å². The smallest absolute Gasteiger partial charge is 0.264 e. The molecule has 2 amide bonds. The van der Waals surface area contributed by atoms with Crippen LogP contribution in [0.15, 0.2) is 71.6 Å². The molecule has 10 heteroatoms. The fourth-order valence-electron chi connectivity index (χ4n) is 5.22. The van der Waals surface area contributed by atoms with Gasteiger partial charge in [-0.15, -0.1) is 0 Å². The first-order valence-corrected chi connectivity index (χ1v) is 16.4. The van der Waals surface area contributed by atoms with Crippen LogP contribution in [0.5, 0.6) is 0 Å². The fraction of sp³-hybridized carbons (Fsp3) is 0.375. The van der Waals surface area contributed by atoms with Crippen molar-refractivity contribution in [2.24, 2.45) is 0 Å². The normalized spacial score (nSPS) is 14.4. The zero-order valence-electron chi connectivity index (χ0n) is 24.1. The molecular formula is C32H37Cl2N3O4S. The summed E-state index contributed by atoms with van der Waals surface area (Å²) in [6.45, 7) is 5.03. The molecule has 224 valence electrons. The van der Waals surface area contributed by atoms with Crippen LogP contribution in [-0.2, 0) is 26.2 Å². The minimum absolute atomic E-state index is 0.0541. The van der Waals surface area contributed by atoms with Crippen molar-refractivity contribution < 1.29 is 18.0 Å². The molecule has 1 fully saturated rings. The Bertz CT molecular complexity index is 1490. The molecule has 4 rings (SSSR count). The third kappa shape index (κ3) is 7.46. The highest BCUT2D eigenvalue weighted by molar-refractivity contribution is 7.92. The summed E-state index contributed by atoms with van der Waals surface area (Å²) in [5, 5.41) is 3.81. The summed E-state index contributed by atoms with van der Waals surface area (Å²) >= 11 is 13.0. The van der Waals surface area contributed by atoms with Gasteiger partial charge in [-0.1, -0.05) is 84.4 Å². The van der Waals surface area contributed by atoms with Gasteiger partial charge in [-0.3, -0.25) is 13.9 Å². The first-order valence-electron chi connectivity index (χ1n) is 14.2. The van der Waals surface area contributed by atoms with Crippen LogP contribution in [0.25, 0.3) is 0 Å². The average molecular weight is 631 g/mol. The number of carbonyl (C=O) groups is 2. The van der Waals surface area contributed by atoms with Crippen molar-refractivity contribution >= 4 is 50.7 Å². The minimum atomic E-state index is -4.14. The third-order valence-electron chi connectivity index (χ3n) is 7.69. The predicted octanol–water partition coefficient (Wildman–Crippen LogP) is 6.67. The number of sulfonamides is 1. The van der Waals surface area contributed by atoms with Gasteiger partial charge in [-0.2, -0.15) is 0 Å². The van der Waals surface area contributed by atoms with Gasteiger partial charge in [0, 0.05) is 28.2 Å². The van der Waals surface area contributed by atoms with Crippen LogP contribution in [-0.4, -0.2) is 43.8 Å². The topological polar surface area (TPSA) is 86.8 Å². The van der Waals surface area contributed by atoms with E-state index in [4.69, 9.17) is 23.2 Å². The molecule has 42 heavy (non-hydrogen) atoms. The average Bonchev–Trinajstić information content (AvgIpc) is 3.47. The van der Waals surface area contributed by atoms with Gasteiger partial charge in [0.25, 0.3) is 10.0 Å². The van der Waals surface area contributed by atoms with Crippen LogP contribution in [0.2, 0.25) is 10.0 Å². The highest BCUT2D eigenvalue weighted by Crippen LogP contribution is 2.29. The summed E-state index contributed by atoms with van der Waals surface area (Å²) in [7, 11) is -4.14. The van der Waals surface area contributed by atoms with Gasteiger partial charge >= 0.3 is 0 Å². The maximum Gasteiger partial charge on any atom is 0.264 e. The second kappa shape index (κ2) is 13.9. The summed E-state index contributed by atoms with van der Waals surface area (Å²) < 4.78 is 29.1. The Labute approximate surface area is 258 Å². The van der Waals surface area contributed by atoms with Gasteiger partial charge in [0.05, 0.1) is 10.6 Å². The van der Waals surface area contributed by atoms with Gasteiger partial charge in [0.1, 0.15) is 12.6 Å². The van der Waals surface area contributed by atoms with Crippen molar-refractivity contribution in [2.45, 2.75) is 76.4 Å². The lowest BCUT2D eigenvalue weighted by Crippen LogP contribution is -2.53. The Kier molecular flexibility index (Phi) is 10.6. The highest BCUT2D eigenvalue weighted by Gasteiger charge is 2.35. The Hall–Kier alpha value is -3.07. The zero-order valence-corrected chi connectivity index (χ0v) is 26.5. The fourth-order valence-corrected chi connectivity index (χ4v) is 7.15. The highest BCUT2D eigenvalue weighted by atomic mass is 35.5. The zero-order chi connectivity index (χ0) is 30.4. The predicted molar refractivity (Wildman–Crippen MR) is 168 cm³/mol. The van der Waals surface area contributed by atoms with Crippen molar-refractivity contribution in [2.75, 3.05) is 10.8 Å². The van der Waals surface area contributed by atoms with Crippen LogP contribution < -0.4 is 9.62 Å². The summed E-state index contributed by atoms with van der Waals surface area (Å²) in [5.41, 5.74) is 2.69. The van der Waals surface area contributed by atoms with E-state index >= 15 is 0 Å². The first-order chi connectivity index (χ1) is 20.0. The monoisotopic (exact) mass is 629 g/mol. The van der Waals surface area contributed by atoms with Gasteiger partial charge in [-0.25, -0.2) is 8.42 Å². The molecule has 3 aromatic rings. The Balaban J connectivity index is 1.74. The second-order valence-electron chi connectivity index (χ2n) is 10.8. The molecule has 1 saturated carbocycles. The number of hydrogen-bond acceptors (Lipinski definition) is 4. The van der Waals surface area contributed by atoms with Crippen LogP contribution in [0.4, 0.5) is 5.69 Å². The van der Waals surface area contributed by atoms with Crippen molar-refractivity contribution in [3.8, 4) is 0 Å². The lowest BCUT2D eigenvalue weighted by atomic mass is 10.1. The second-order valence-corrected chi connectivity index (χ2v) is 13.5. The van der Waals surface area contributed by atoms with E-state index in [0.29, 0.717) is 27.7 Å². The molecule has 1 atom stereocenters.